The average molecular weight is 312 g/mol. The SMILES string of the molecule is CCc1ccc(CN2Cc3ccnn3[C@H](CC(=O)NC)C2)cc1. The van der Waals surface area contributed by atoms with Gasteiger partial charge in [-0.2, -0.15) is 5.10 Å². The van der Waals surface area contributed by atoms with Gasteiger partial charge >= 0.3 is 0 Å². The zero-order chi connectivity index (χ0) is 16.2. The lowest BCUT2D eigenvalue weighted by Crippen LogP contribution is -2.39. The summed E-state index contributed by atoms with van der Waals surface area (Å²) in [6, 6.07) is 11.0. The van der Waals surface area contributed by atoms with Crippen LogP contribution in [0.5, 0.6) is 0 Å². The lowest BCUT2D eigenvalue weighted by Gasteiger charge is -2.33. The van der Waals surface area contributed by atoms with Gasteiger partial charge in [0.25, 0.3) is 0 Å². The summed E-state index contributed by atoms with van der Waals surface area (Å²) in [7, 11) is 1.68. The maximum atomic E-state index is 11.8. The molecule has 1 aromatic carbocycles. The normalized spacial score (nSPS) is 17.7. The van der Waals surface area contributed by atoms with Crippen molar-refractivity contribution < 1.29 is 4.79 Å². The van der Waals surface area contributed by atoms with Gasteiger partial charge in [-0.05, 0) is 23.6 Å². The number of rotatable bonds is 5. The van der Waals surface area contributed by atoms with Crippen LogP contribution in [0.2, 0.25) is 0 Å². The molecule has 0 fully saturated rings. The molecule has 0 saturated carbocycles. The molecule has 1 aromatic heterocycles. The fraction of sp³-hybridized carbons (Fsp3) is 0.444. The van der Waals surface area contributed by atoms with Gasteiger partial charge in [-0.25, -0.2) is 0 Å². The van der Waals surface area contributed by atoms with E-state index in [1.165, 1.54) is 16.8 Å². The van der Waals surface area contributed by atoms with Crippen LogP contribution in [0.25, 0.3) is 0 Å². The highest BCUT2D eigenvalue weighted by Crippen LogP contribution is 2.24. The Labute approximate surface area is 137 Å². The van der Waals surface area contributed by atoms with Crippen LogP contribution in [0.15, 0.2) is 36.5 Å². The number of aryl methyl sites for hydroxylation is 1. The summed E-state index contributed by atoms with van der Waals surface area (Å²) in [6.07, 6.45) is 3.36. The molecule has 122 valence electrons. The van der Waals surface area contributed by atoms with E-state index in [2.05, 4.69) is 46.5 Å². The number of nitrogens with one attached hydrogen (secondary N) is 1. The molecule has 1 aliphatic rings. The van der Waals surface area contributed by atoms with Crippen LogP contribution in [0, 0.1) is 0 Å². The number of hydrogen-bond donors (Lipinski definition) is 1. The Hall–Kier alpha value is -2.14. The summed E-state index contributed by atoms with van der Waals surface area (Å²) in [5.74, 6) is 0.0607. The molecule has 1 N–H and O–H groups in total. The Morgan fingerprint density at radius 1 is 1.26 bits per heavy atom. The molecule has 1 amide bonds. The lowest BCUT2D eigenvalue weighted by atomic mass is 10.1. The summed E-state index contributed by atoms with van der Waals surface area (Å²) < 4.78 is 2.01. The highest BCUT2D eigenvalue weighted by atomic mass is 16.1. The standard InChI is InChI=1S/C18H24N4O/c1-3-14-4-6-15(7-5-14)11-21-12-16-8-9-20-22(16)17(13-21)10-18(23)19-2/h4-9,17H,3,10-13H2,1-2H3,(H,19,23)/t17-/m1/s1. The number of hydrogen-bond acceptors (Lipinski definition) is 3. The van der Waals surface area contributed by atoms with E-state index >= 15 is 0 Å². The zero-order valence-corrected chi connectivity index (χ0v) is 13.8. The first kappa shape index (κ1) is 15.7. The Kier molecular flexibility index (Phi) is 4.76. The van der Waals surface area contributed by atoms with Crippen molar-refractivity contribution in [1.82, 2.24) is 20.0 Å². The number of nitrogens with zero attached hydrogens (tertiary/aromatic N) is 3. The summed E-state index contributed by atoms with van der Waals surface area (Å²) in [5.41, 5.74) is 3.85. The maximum absolute atomic E-state index is 11.8. The molecule has 2 aromatic rings. The highest BCUT2D eigenvalue weighted by Gasteiger charge is 2.27. The Balaban J connectivity index is 1.72. The van der Waals surface area contributed by atoms with Crippen LogP contribution >= 0.6 is 0 Å². The third kappa shape index (κ3) is 3.62. The molecule has 3 rings (SSSR count). The van der Waals surface area contributed by atoms with E-state index in [1.54, 1.807) is 7.05 Å². The quantitative estimate of drug-likeness (QED) is 0.920. The largest absolute Gasteiger partial charge is 0.359 e. The predicted octanol–water partition coefficient (Wildman–Crippen LogP) is 2.14. The van der Waals surface area contributed by atoms with Gasteiger partial charge in [-0.3, -0.25) is 14.4 Å². The van der Waals surface area contributed by atoms with Gasteiger partial charge in [-0.15, -0.1) is 0 Å². The minimum atomic E-state index is 0.0607. The Morgan fingerprint density at radius 3 is 2.70 bits per heavy atom. The highest BCUT2D eigenvalue weighted by molar-refractivity contribution is 5.76. The molecule has 0 unspecified atom stereocenters. The van der Waals surface area contributed by atoms with Crippen LogP contribution in [-0.2, 0) is 24.3 Å². The van der Waals surface area contributed by atoms with Crippen LogP contribution in [0.3, 0.4) is 0 Å². The summed E-state index contributed by atoms with van der Waals surface area (Å²) >= 11 is 0. The number of aromatic nitrogens is 2. The van der Waals surface area contributed by atoms with Crippen LogP contribution in [-0.4, -0.2) is 34.2 Å². The fourth-order valence-electron chi connectivity index (χ4n) is 3.19. The van der Waals surface area contributed by atoms with Crippen molar-refractivity contribution in [2.75, 3.05) is 13.6 Å². The first-order valence-electron chi connectivity index (χ1n) is 8.22. The van der Waals surface area contributed by atoms with Crippen molar-refractivity contribution in [1.29, 1.82) is 0 Å². The van der Waals surface area contributed by atoms with Gasteiger partial charge < -0.3 is 5.32 Å². The summed E-state index contributed by atoms with van der Waals surface area (Å²) in [4.78, 5) is 14.2. The van der Waals surface area contributed by atoms with Crippen molar-refractivity contribution in [3.63, 3.8) is 0 Å². The third-order valence-corrected chi connectivity index (χ3v) is 4.49. The molecule has 1 aliphatic heterocycles. The number of benzene rings is 1. The second-order valence-electron chi connectivity index (χ2n) is 6.14. The average Bonchev–Trinajstić information content (AvgIpc) is 3.04. The molecule has 23 heavy (non-hydrogen) atoms. The van der Waals surface area contributed by atoms with Gasteiger partial charge in [0.15, 0.2) is 0 Å². The van der Waals surface area contributed by atoms with E-state index in [1.807, 2.05) is 16.9 Å². The summed E-state index contributed by atoms with van der Waals surface area (Å²) in [5, 5.41) is 7.11. The topological polar surface area (TPSA) is 50.2 Å². The van der Waals surface area contributed by atoms with Crippen LogP contribution in [0.4, 0.5) is 0 Å². The van der Waals surface area contributed by atoms with Crippen molar-refractivity contribution >= 4 is 5.91 Å². The van der Waals surface area contributed by atoms with Gasteiger partial charge in [0, 0.05) is 32.9 Å². The zero-order valence-electron chi connectivity index (χ0n) is 13.8. The summed E-state index contributed by atoms with van der Waals surface area (Å²) in [6.45, 7) is 4.79. The molecule has 5 nitrogen and oxygen atoms in total. The monoisotopic (exact) mass is 312 g/mol. The van der Waals surface area contributed by atoms with Crippen molar-refractivity contribution in [3.05, 3.63) is 53.3 Å². The smallest absolute Gasteiger partial charge is 0.221 e. The van der Waals surface area contributed by atoms with E-state index in [0.29, 0.717) is 6.42 Å². The molecule has 0 saturated heterocycles. The van der Waals surface area contributed by atoms with Crippen molar-refractivity contribution in [2.24, 2.45) is 0 Å². The third-order valence-electron chi connectivity index (χ3n) is 4.49. The van der Waals surface area contributed by atoms with E-state index < -0.39 is 0 Å². The molecular weight excluding hydrogens is 288 g/mol. The number of carbonyl (C=O) groups excluding carboxylic acids is 1. The molecular formula is C18H24N4O. The number of carbonyl (C=O) groups is 1. The minimum absolute atomic E-state index is 0.0607. The Morgan fingerprint density at radius 2 is 2.00 bits per heavy atom. The van der Waals surface area contributed by atoms with E-state index in [0.717, 1.165) is 26.1 Å². The first-order valence-corrected chi connectivity index (χ1v) is 8.22. The Bertz CT molecular complexity index is 662. The van der Waals surface area contributed by atoms with E-state index in [4.69, 9.17) is 0 Å². The number of amides is 1. The predicted molar refractivity (Wildman–Crippen MR) is 89.9 cm³/mol. The molecule has 0 radical (unpaired) electrons. The van der Waals surface area contributed by atoms with Crippen LogP contribution in [0.1, 0.15) is 36.2 Å². The van der Waals surface area contributed by atoms with Crippen molar-refractivity contribution in [2.45, 2.75) is 38.9 Å². The van der Waals surface area contributed by atoms with Gasteiger partial charge in [-0.1, -0.05) is 31.2 Å². The minimum Gasteiger partial charge on any atom is -0.359 e. The van der Waals surface area contributed by atoms with E-state index in [-0.39, 0.29) is 11.9 Å². The first-order chi connectivity index (χ1) is 11.2. The second kappa shape index (κ2) is 6.96. The van der Waals surface area contributed by atoms with E-state index in [9.17, 15) is 4.79 Å². The lowest BCUT2D eigenvalue weighted by molar-refractivity contribution is -0.121. The van der Waals surface area contributed by atoms with Crippen molar-refractivity contribution in [3.8, 4) is 0 Å². The molecule has 0 bridgehead atoms. The van der Waals surface area contributed by atoms with Gasteiger partial charge in [0.1, 0.15) is 0 Å². The molecule has 0 spiro atoms. The second-order valence-corrected chi connectivity index (χ2v) is 6.14. The molecule has 1 atom stereocenters. The molecule has 0 aliphatic carbocycles. The van der Waals surface area contributed by atoms with Gasteiger partial charge in [0.2, 0.25) is 5.91 Å². The van der Waals surface area contributed by atoms with Gasteiger partial charge in [0.05, 0.1) is 18.2 Å². The molecule has 2 heterocycles. The fourth-order valence-corrected chi connectivity index (χ4v) is 3.19. The molecule has 5 heteroatoms. The van der Waals surface area contributed by atoms with Crippen LogP contribution < -0.4 is 5.32 Å². The maximum Gasteiger partial charge on any atom is 0.221 e. The number of fused-ring (bicyclic) bond motifs is 1.